The van der Waals surface area contributed by atoms with Crippen LogP contribution in [0.25, 0.3) is 11.4 Å². The van der Waals surface area contributed by atoms with E-state index < -0.39 is 9.84 Å². The first-order valence-corrected chi connectivity index (χ1v) is 10.3. The molecule has 0 aliphatic rings. The molecule has 2 aromatic carbocycles. The van der Waals surface area contributed by atoms with E-state index in [-0.39, 0.29) is 17.3 Å². The summed E-state index contributed by atoms with van der Waals surface area (Å²) in [6.07, 6.45) is 1.11. The van der Waals surface area contributed by atoms with Crippen LogP contribution in [0.5, 0.6) is 5.75 Å². The molecule has 146 valence electrons. The third kappa shape index (κ3) is 4.37. The molecule has 0 radical (unpaired) electrons. The average molecular weight is 400 g/mol. The maximum Gasteiger partial charge on any atom is 0.251 e. The number of benzene rings is 2. The summed E-state index contributed by atoms with van der Waals surface area (Å²) in [6, 6.07) is 11.8. The third-order valence-electron chi connectivity index (χ3n) is 4.18. The van der Waals surface area contributed by atoms with Gasteiger partial charge in [0.25, 0.3) is 5.91 Å². The highest BCUT2D eigenvalue weighted by atomic mass is 32.2. The summed E-state index contributed by atoms with van der Waals surface area (Å²) in [5, 5.41) is 9.67. The van der Waals surface area contributed by atoms with Crippen LogP contribution in [0, 0.1) is 6.92 Å². The minimum atomic E-state index is -3.39. The van der Waals surface area contributed by atoms with Crippen LogP contribution in [0.15, 0.2) is 47.4 Å². The highest BCUT2D eigenvalue weighted by Crippen LogP contribution is 2.19. The van der Waals surface area contributed by atoms with Crippen molar-refractivity contribution in [2.75, 3.05) is 13.4 Å². The van der Waals surface area contributed by atoms with Crippen molar-refractivity contribution in [2.45, 2.75) is 18.4 Å². The predicted octanol–water partition coefficient (Wildman–Crippen LogP) is 2.12. The number of carbonyl (C=O) groups excluding carboxylic acids is 1. The Bertz CT molecular complexity index is 1110. The number of nitrogens with zero attached hydrogens (tertiary/aromatic N) is 2. The van der Waals surface area contributed by atoms with Gasteiger partial charge in [-0.15, -0.1) is 0 Å². The van der Waals surface area contributed by atoms with Crippen LogP contribution in [0.1, 0.15) is 21.7 Å². The standard InChI is InChI=1S/C19H20N4O4S/c1-12-4-9-15(28(3,25)26)10-16(12)19(24)20-11-17-21-18(23-22-17)13-5-7-14(27-2)8-6-13/h4-10H,11H2,1-3H3,(H,20,24)(H,21,22,23). The molecule has 2 N–H and O–H groups in total. The number of hydrogen-bond donors (Lipinski definition) is 2. The number of aromatic nitrogens is 3. The summed E-state index contributed by atoms with van der Waals surface area (Å²) < 4.78 is 28.5. The lowest BCUT2D eigenvalue weighted by atomic mass is 10.1. The van der Waals surface area contributed by atoms with E-state index in [4.69, 9.17) is 4.74 Å². The number of hydrogen-bond acceptors (Lipinski definition) is 6. The molecule has 1 amide bonds. The summed E-state index contributed by atoms with van der Waals surface area (Å²) in [5.41, 5.74) is 1.80. The van der Waals surface area contributed by atoms with Crippen molar-refractivity contribution >= 4 is 15.7 Å². The number of amides is 1. The average Bonchev–Trinajstić information content (AvgIpc) is 3.14. The van der Waals surface area contributed by atoms with Crippen LogP contribution in [-0.4, -0.2) is 42.9 Å². The van der Waals surface area contributed by atoms with Crippen molar-refractivity contribution in [3.8, 4) is 17.1 Å². The largest absolute Gasteiger partial charge is 0.497 e. The second-order valence-electron chi connectivity index (χ2n) is 6.27. The summed E-state index contributed by atoms with van der Waals surface area (Å²) in [7, 11) is -1.80. The van der Waals surface area contributed by atoms with Crippen LogP contribution in [0.3, 0.4) is 0 Å². The van der Waals surface area contributed by atoms with Gasteiger partial charge in [-0.25, -0.2) is 13.4 Å². The van der Waals surface area contributed by atoms with Crippen molar-refractivity contribution in [3.05, 3.63) is 59.4 Å². The fourth-order valence-electron chi connectivity index (χ4n) is 2.58. The van der Waals surface area contributed by atoms with Crippen molar-refractivity contribution < 1.29 is 17.9 Å². The van der Waals surface area contributed by atoms with E-state index in [1.165, 1.54) is 12.1 Å². The molecule has 8 nitrogen and oxygen atoms in total. The molecule has 0 aliphatic heterocycles. The summed E-state index contributed by atoms with van der Waals surface area (Å²) >= 11 is 0. The molecular weight excluding hydrogens is 380 g/mol. The second kappa shape index (κ2) is 7.81. The highest BCUT2D eigenvalue weighted by Gasteiger charge is 2.15. The Balaban J connectivity index is 1.71. The summed E-state index contributed by atoms with van der Waals surface area (Å²) in [4.78, 5) is 16.9. The van der Waals surface area contributed by atoms with Gasteiger partial charge in [0.1, 0.15) is 11.6 Å². The number of carbonyl (C=O) groups is 1. The first-order valence-electron chi connectivity index (χ1n) is 8.42. The number of aromatic amines is 1. The molecule has 0 saturated heterocycles. The summed E-state index contributed by atoms with van der Waals surface area (Å²) in [5.74, 6) is 1.34. The van der Waals surface area contributed by atoms with Gasteiger partial charge in [-0.3, -0.25) is 9.89 Å². The molecule has 0 aliphatic carbocycles. The molecule has 0 fully saturated rings. The minimum absolute atomic E-state index is 0.102. The Morgan fingerprint density at radius 2 is 1.89 bits per heavy atom. The van der Waals surface area contributed by atoms with Gasteiger partial charge < -0.3 is 10.1 Å². The Morgan fingerprint density at radius 1 is 1.18 bits per heavy atom. The first kappa shape index (κ1) is 19.6. The van der Waals surface area contributed by atoms with Crippen molar-refractivity contribution in [2.24, 2.45) is 0 Å². The Labute approximate surface area is 162 Å². The number of sulfone groups is 1. The van der Waals surface area contributed by atoms with E-state index in [1.54, 1.807) is 20.1 Å². The minimum Gasteiger partial charge on any atom is -0.497 e. The number of nitrogens with one attached hydrogen (secondary N) is 2. The van der Waals surface area contributed by atoms with Crippen molar-refractivity contribution in [1.29, 1.82) is 0 Å². The van der Waals surface area contributed by atoms with Crippen LogP contribution in [0.2, 0.25) is 0 Å². The maximum absolute atomic E-state index is 12.5. The number of rotatable bonds is 6. The van der Waals surface area contributed by atoms with E-state index >= 15 is 0 Å². The molecule has 0 saturated carbocycles. The van der Waals surface area contributed by atoms with Gasteiger partial charge in [-0.2, -0.15) is 5.10 Å². The van der Waals surface area contributed by atoms with Gasteiger partial charge in [0.15, 0.2) is 15.7 Å². The zero-order valence-corrected chi connectivity index (χ0v) is 16.5. The molecule has 0 atom stereocenters. The Kier molecular flexibility index (Phi) is 5.46. The lowest BCUT2D eigenvalue weighted by Crippen LogP contribution is -2.24. The van der Waals surface area contributed by atoms with Crippen molar-refractivity contribution in [3.63, 3.8) is 0 Å². The number of aryl methyl sites for hydroxylation is 1. The summed E-state index contributed by atoms with van der Waals surface area (Å²) in [6.45, 7) is 1.88. The molecule has 3 aromatic rings. The van der Waals surface area contributed by atoms with E-state index in [9.17, 15) is 13.2 Å². The van der Waals surface area contributed by atoms with E-state index in [0.29, 0.717) is 22.8 Å². The first-order chi connectivity index (χ1) is 13.3. The molecule has 0 spiro atoms. The molecule has 28 heavy (non-hydrogen) atoms. The van der Waals surface area contributed by atoms with Gasteiger partial charge in [0, 0.05) is 17.4 Å². The van der Waals surface area contributed by atoms with Crippen LogP contribution >= 0.6 is 0 Å². The van der Waals surface area contributed by atoms with E-state index in [0.717, 1.165) is 17.6 Å². The third-order valence-corrected chi connectivity index (χ3v) is 5.29. The zero-order chi connectivity index (χ0) is 20.3. The number of methoxy groups -OCH3 is 1. The van der Waals surface area contributed by atoms with E-state index in [1.807, 2.05) is 24.3 Å². The zero-order valence-electron chi connectivity index (χ0n) is 15.7. The number of H-pyrrole nitrogens is 1. The monoisotopic (exact) mass is 400 g/mol. The normalized spacial score (nSPS) is 11.2. The van der Waals surface area contributed by atoms with Crippen LogP contribution < -0.4 is 10.1 Å². The van der Waals surface area contributed by atoms with Gasteiger partial charge in [0.2, 0.25) is 0 Å². The lowest BCUT2D eigenvalue weighted by Gasteiger charge is -2.08. The van der Waals surface area contributed by atoms with Crippen LogP contribution in [0.4, 0.5) is 0 Å². The number of ether oxygens (including phenoxy) is 1. The topological polar surface area (TPSA) is 114 Å². The SMILES string of the molecule is COc1ccc(-c2n[nH]c(CNC(=O)c3cc(S(C)(=O)=O)ccc3C)n2)cc1. The molecule has 1 heterocycles. The quantitative estimate of drug-likeness (QED) is 0.655. The lowest BCUT2D eigenvalue weighted by molar-refractivity contribution is 0.0949. The van der Waals surface area contributed by atoms with Crippen LogP contribution in [-0.2, 0) is 16.4 Å². The highest BCUT2D eigenvalue weighted by molar-refractivity contribution is 7.90. The smallest absolute Gasteiger partial charge is 0.251 e. The second-order valence-corrected chi connectivity index (χ2v) is 8.28. The molecule has 0 bridgehead atoms. The van der Waals surface area contributed by atoms with Gasteiger partial charge in [-0.05, 0) is 48.9 Å². The maximum atomic E-state index is 12.5. The molecule has 3 rings (SSSR count). The Morgan fingerprint density at radius 3 is 2.54 bits per heavy atom. The van der Waals surface area contributed by atoms with Gasteiger partial charge >= 0.3 is 0 Å². The predicted molar refractivity (Wildman–Crippen MR) is 104 cm³/mol. The molecular formula is C19H20N4O4S. The fourth-order valence-corrected chi connectivity index (χ4v) is 3.23. The molecule has 1 aromatic heterocycles. The van der Waals surface area contributed by atoms with Crippen molar-refractivity contribution in [1.82, 2.24) is 20.5 Å². The molecule has 0 unspecified atom stereocenters. The van der Waals surface area contributed by atoms with Gasteiger partial charge in [-0.1, -0.05) is 6.07 Å². The molecule has 9 heteroatoms. The van der Waals surface area contributed by atoms with Gasteiger partial charge in [0.05, 0.1) is 18.6 Å². The Hall–Kier alpha value is -3.20. The fraction of sp³-hybridized carbons (Fsp3) is 0.211. The van der Waals surface area contributed by atoms with E-state index in [2.05, 4.69) is 20.5 Å².